The van der Waals surface area contributed by atoms with Crippen molar-refractivity contribution in [3.63, 3.8) is 0 Å². The molecule has 0 aliphatic heterocycles. The monoisotopic (exact) mass is 281 g/mol. The Morgan fingerprint density at radius 2 is 2.16 bits per heavy atom. The molecule has 19 heavy (non-hydrogen) atoms. The van der Waals surface area contributed by atoms with Gasteiger partial charge in [-0.05, 0) is 18.2 Å². The average Bonchev–Trinajstić information content (AvgIpc) is 2.76. The number of aromatic nitrogens is 2. The van der Waals surface area contributed by atoms with Gasteiger partial charge in [0.05, 0.1) is 5.69 Å². The fourth-order valence-electron chi connectivity index (χ4n) is 1.50. The van der Waals surface area contributed by atoms with Crippen LogP contribution in [0.3, 0.4) is 0 Å². The smallest absolute Gasteiger partial charge is 0.356 e. The average molecular weight is 281 g/mol. The first kappa shape index (κ1) is 13.1. The summed E-state index contributed by atoms with van der Waals surface area (Å²) in [6.45, 7) is 0. The number of nitrogens with one attached hydrogen (secondary N) is 1. The normalized spacial score (nSPS) is 11.2. The van der Waals surface area contributed by atoms with Gasteiger partial charge in [-0.2, -0.15) is 0 Å². The molecule has 2 N–H and O–H groups in total. The van der Waals surface area contributed by atoms with E-state index in [-0.39, 0.29) is 16.3 Å². The number of nitrogens with zero attached hydrogens (tertiary/aromatic N) is 2. The lowest BCUT2D eigenvalue weighted by molar-refractivity contribution is 0.0692. The van der Waals surface area contributed by atoms with E-state index in [1.165, 1.54) is 30.6 Å². The van der Waals surface area contributed by atoms with Crippen molar-refractivity contribution in [3.8, 4) is 0 Å². The predicted molar refractivity (Wildman–Crippen MR) is 67.4 cm³/mol. The number of carboxylic acids is 1. The van der Waals surface area contributed by atoms with Gasteiger partial charge in [-0.1, -0.05) is 0 Å². The third kappa shape index (κ3) is 2.74. The van der Waals surface area contributed by atoms with Crippen LogP contribution in [0.15, 0.2) is 41.7 Å². The molecule has 0 spiro atoms. The fraction of sp³-hybridized carbons (Fsp3) is 0.0909. The highest BCUT2D eigenvalue weighted by Gasteiger charge is 2.19. The van der Waals surface area contributed by atoms with Gasteiger partial charge in [-0.3, -0.25) is 4.72 Å². The lowest BCUT2D eigenvalue weighted by atomic mass is 10.3. The summed E-state index contributed by atoms with van der Waals surface area (Å²) in [5, 5.41) is 8.94. The molecule has 2 aromatic rings. The molecule has 2 aromatic heterocycles. The number of hydrogen-bond donors (Lipinski definition) is 2. The Kier molecular flexibility index (Phi) is 3.26. The van der Waals surface area contributed by atoms with Crippen LogP contribution < -0.4 is 4.72 Å². The Hall–Kier alpha value is -2.35. The van der Waals surface area contributed by atoms with E-state index in [2.05, 4.69) is 9.71 Å². The van der Waals surface area contributed by atoms with Gasteiger partial charge in [0.2, 0.25) is 0 Å². The van der Waals surface area contributed by atoms with E-state index >= 15 is 0 Å². The number of carboxylic acid groups (broad SMARTS) is 1. The Labute approximate surface area is 109 Å². The minimum Gasteiger partial charge on any atom is -0.476 e. The first-order valence-corrected chi connectivity index (χ1v) is 6.71. The van der Waals surface area contributed by atoms with Crippen LogP contribution in [-0.2, 0) is 17.1 Å². The molecule has 0 bridgehead atoms. The van der Waals surface area contributed by atoms with Crippen LogP contribution in [0.25, 0.3) is 0 Å². The molecular formula is C11H11N3O4S. The zero-order chi connectivity index (χ0) is 14.0. The van der Waals surface area contributed by atoms with Crippen LogP contribution in [0.1, 0.15) is 10.5 Å². The molecule has 0 amide bonds. The van der Waals surface area contributed by atoms with E-state index < -0.39 is 16.0 Å². The summed E-state index contributed by atoms with van der Waals surface area (Å²) in [5.74, 6) is -1.30. The van der Waals surface area contributed by atoms with Crippen LogP contribution in [0.4, 0.5) is 5.69 Å². The number of aryl methyl sites for hydroxylation is 1. The van der Waals surface area contributed by atoms with Crippen LogP contribution in [0, 0.1) is 0 Å². The van der Waals surface area contributed by atoms with Crippen molar-refractivity contribution in [2.45, 2.75) is 4.90 Å². The first-order chi connectivity index (χ1) is 8.90. The van der Waals surface area contributed by atoms with Crippen LogP contribution in [0.2, 0.25) is 0 Å². The van der Waals surface area contributed by atoms with Crippen molar-refractivity contribution in [3.05, 3.63) is 42.5 Å². The molecule has 0 radical (unpaired) electrons. The van der Waals surface area contributed by atoms with Gasteiger partial charge in [-0.15, -0.1) is 0 Å². The van der Waals surface area contributed by atoms with E-state index in [9.17, 15) is 13.2 Å². The van der Waals surface area contributed by atoms with Gasteiger partial charge in [0.15, 0.2) is 5.69 Å². The molecule has 0 aromatic carbocycles. The van der Waals surface area contributed by atoms with E-state index in [0.29, 0.717) is 0 Å². The standard InChI is InChI=1S/C11H11N3O4S/c1-14-6-4-8(7-14)19(17,18)13-9-3-2-5-12-10(9)11(15)16/h2-7,13H,1H3,(H,15,16). The molecule has 0 unspecified atom stereocenters. The van der Waals surface area contributed by atoms with Crippen molar-refractivity contribution in [2.24, 2.45) is 7.05 Å². The first-order valence-electron chi connectivity index (χ1n) is 5.23. The van der Waals surface area contributed by atoms with Crippen LogP contribution in [-0.4, -0.2) is 29.0 Å². The topological polar surface area (TPSA) is 101 Å². The Bertz CT molecular complexity index is 721. The highest BCUT2D eigenvalue weighted by Crippen LogP contribution is 2.18. The molecule has 8 heteroatoms. The summed E-state index contributed by atoms with van der Waals surface area (Å²) in [4.78, 5) is 14.6. The summed E-state index contributed by atoms with van der Waals surface area (Å²) in [6.07, 6.45) is 4.28. The van der Waals surface area contributed by atoms with Crippen LogP contribution in [0.5, 0.6) is 0 Å². The molecule has 7 nitrogen and oxygen atoms in total. The van der Waals surface area contributed by atoms with Crippen molar-refractivity contribution in [1.29, 1.82) is 0 Å². The second-order valence-electron chi connectivity index (χ2n) is 3.82. The third-order valence-corrected chi connectivity index (χ3v) is 3.72. The van der Waals surface area contributed by atoms with Crippen molar-refractivity contribution >= 4 is 21.7 Å². The molecule has 100 valence electrons. The number of sulfonamides is 1. The molecule has 0 saturated carbocycles. The zero-order valence-electron chi connectivity index (χ0n) is 9.94. The van der Waals surface area contributed by atoms with E-state index in [1.807, 2.05) is 0 Å². The number of rotatable bonds is 4. The molecular weight excluding hydrogens is 270 g/mol. The zero-order valence-corrected chi connectivity index (χ0v) is 10.8. The van der Waals surface area contributed by atoms with Gasteiger partial charge in [0.1, 0.15) is 4.90 Å². The van der Waals surface area contributed by atoms with E-state index in [1.54, 1.807) is 17.8 Å². The highest BCUT2D eigenvalue weighted by atomic mass is 32.2. The lowest BCUT2D eigenvalue weighted by Crippen LogP contribution is -2.15. The summed E-state index contributed by atoms with van der Waals surface area (Å²) in [7, 11) is -2.14. The fourth-order valence-corrected chi connectivity index (χ4v) is 2.62. The molecule has 0 saturated heterocycles. The number of pyridine rings is 1. The summed E-state index contributed by atoms with van der Waals surface area (Å²) < 4.78 is 27.9. The maximum atomic E-state index is 12.0. The predicted octanol–water partition coefficient (Wildman–Crippen LogP) is 0.919. The van der Waals surface area contributed by atoms with Crippen molar-refractivity contribution in [1.82, 2.24) is 9.55 Å². The Morgan fingerprint density at radius 1 is 1.42 bits per heavy atom. The Morgan fingerprint density at radius 3 is 2.74 bits per heavy atom. The summed E-state index contributed by atoms with van der Waals surface area (Å²) in [6, 6.07) is 4.21. The van der Waals surface area contributed by atoms with Crippen molar-refractivity contribution in [2.75, 3.05) is 4.72 Å². The van der Waals surface area contributed by atoms with Gasteiger partial charge in [-0.25, -0.2) is 18.2 Å². The van der Waals surface area contributed by atoms with Crippen LogP contribution >= 0.6 is 0 Å². The quantitative estimate of drug-likeness (QED) is 0.867. The van der Waals surface area contributed by atoms with E-state index in [0.717, 1.165) is 0 Å². The number of aromatic carboxylic acids is 1. The highest BCUT2D eigenvalue weighted by molar-refractivity contribution is 7.92. The van der Waals surface area contributed by atoms with Gasteiger partial charge < -0.3 is 9.67 Å². The molecule has 0 atom stereocenters. The van der Waals surface area contributed by atoms with Gasteiger partial charge in [0, 0.05) is 25.6 Å². The minimum absolute atomic E-state index is 0.0511. The largest absolute Gasteiger partial charge is 0.476 e. The molecule has 0 aliphatic rings. The minimum atomic E-state index is -3.82. The Balaban J connectivity index is 2.39. The molecule has 2 heterocycles. The number of carbonyl (C=O) groups is 1. The second kappa shape index (κ2) is 4.73. The molecule has 0 fully saturated rings. The van der Waals surface area contributed by atoms with Crippen molar-refractivity contribution < 1.29 is 18.3 Å². The lowest BCUT2D eigenvalue weighted by Gasteiger charge is -2.08. The van der Waals surface area contributed by atoms with Gasteiger partial charge >= 0.3 is 5.97 Å². The molecule has 0 aliphatic carbocycles. The third-order valence-electron chi connectivity index (χ3n) is 2.37. The summed E-state index contributed by atoms with van der Waals surface area (Å²) in [5.41, 5.74) is -0.416. The maximum Gasteiger partial charge on any atom is 0.356 e. The molecule has 2 rings (SSSR count). The summed E-state index contributed by atoms with van der Waals surface area (Å²) >= 11 is 0. The number of anilines is 1. The maximum absolute atomic E-state index is 12.0. The SMILES string of the molecule is Cn1ccc(S(=O)(=O)Nc2cccnc2C(=O)O)c1. The van der Waals surface area contributed by atoms with Gasteiger partial charge in [0.25, 0.3) is 10.0 Å². The van der Waals surface area contributed by atoms with E-state index in [4.69, 9.17) is 5.11 Å². The second-order valence-corrected chi connectivity index (χ2v) is 5.51. The number of hydrogen-bond acceptors (Lipinski definition) is 4.